The minimum absolute atomic E-state index is 0.160. The van der Waals surface area contributed by atoms with Gasteiger partial charge in [0.05, 0.1) is 0 Å². The normalized spacial score (nSPS) is 44.2. The maximum atomic E-state index is 12.8. The summed E-state index contributed by atoms with van der Waals surface area (Å²) < 4.78 is 25.7. The SMILES string of the molecule is CC(=O)O[C@@H]1C[C@H]2[C@@H](C)c3cc(-c4cc5c(o4)C[C@H]4[C@@H](C[C@@H](OC(C)=O)[C@@]6(O)C(C)(C)CCC[C@]46C)[C@H]5C)oc3C[C@@H]2[C@@]2(C)CCCC(C)(C)[C@]12O. The fraction of sp³-hybridized carbons (Fsp3) is 0.773. The fourth-order valence-electron chi connectivity index (χ4n) is 14.4. The summed E-state index contributed by atoms with van der Waals surface area (Å²) in [5, 5.41) is 25.6. The standard InChI is InChI=1S/C44H62O8/c1-23-27-19-37(49-25(3)45)43(47)39(5,6)13-11-15-41(43,9)31(27)21-33-29(23)17-35(51-33)36-18-30-24(2)28-20-38(50-26(4)46)44(48)40(7,8)14-12-16-42(44,10)32(28)22-34(30)52-36/h17-18,23-24,27-28,31-32,37-38,47-48H,11-16,19-22H2,1-10H3/t23-,24-,27+,28+,31+,32+,37-,38-,41-,42-,43-,44-/m1/s1. The molecular weight excluding hydrogens is 656 g/mol. The lowest BCUT2D eigenvalue weighted by Gasteiger charge is -2.67. The van der Waals surface area contributed by atoms with Crippen molar-refractivity contribution >= 4 is 11.9 Å². The summed E-state index contributed by atoms with van der Waals surface area (Å²) in [7, 11) is 0. The van der Waals surface area contributed by atoms with Gasteiger partial charge in [-0.2, -0.15) is 0 Å². The first kappa shape index (κ1) is 36.4. The Bertz CT molecular complexity index is 1650. The van der Waals surface area contributed by atoms with Gasteiger partial charge in [-0.25, -0.2) is 0 Å². The molecule has 0 radical (unpaired) electrons. The van der Waals surface area contributed by atoms with Crippen LogP contribution in [0.5, 0.6) is 0 Å². The molecule has 6 aliphatic rings. The Kier molecular flexibility index (Phi) is 8.03. The van der Waals surface area contributed by atoms with E-state index >= 15 is 0 Å². The molecule has 0 amide bonds. The van der Waals surface area contributed by atoms with Gasteiger partial charge in [0.25, 0.3) is 0 Å². The van der Waals surface area contributed by atoms with E-state index < -0.39 is 45.1 Å². The van der Waals surface area contributed by atoms with Gasteiger partial charge in [-0.3, -0.25) is 9.59 Å². The summed E-state index contributed by atoms with van der Waals surface area (Å²) in [6, 6.07) is 4.35. The highest BCUT2D eigenvalue weighted by atomic mass is 16.6. The first-order chi connectivity index (χ1) is 24.2. The summed E-state index contributed by atoms with van der Waals surface area (Å²) in [6.45, 7) is 20.5. The molecule has 4 saturated carbocycles. The van der Waals surface area contributed by atoms with Gasteiger partial charge in [0.15, 0.2) is 11.5 Å². The van der Waals surface area contributed by atoms with Crippen molar-refractivity contribution in [2.45, 2.75) is 169 Å². The van der Waals surface area contributed by atoms with E-state index in [1.165, 1.54) is 25.0 Å². The van der Waals surface area contributed by atoms with Crippen LogP contribution in [-0.4, -0.2) is 45.6 Å². The Hall–Kier alpha value is -2.58. The zero-order valence-electron chi connectivity index (χ0n) is 33.2. The van der Waals surface area contributed by atoms with Gasteiger partial charge in [0, 0.05) is 37.5 Å². The number of hydrogen-bond acceptors (Lipinski definition) is 8. The summed E-state index contributed by atoms with van der Waals surface area (Å²) in [6.07, 6.45) is 7.23. The second-order valence-electron chi connectivity index (χ2n) is 20.0. The van der Waals surface area contributed by atoms with Crippen LogP contribution in [-0.2, 0) is 31.9 Å². The molecule has 0 unspecified atom stereocenters. The van der Waals surface area contributed by atoms with Crippen molar-refractivity contribution in [2.24, 2.45) is 45.3 Å². The molecular formula is C44H62O8. The Morgan fingerprint density at radius 1 is 0.654 bits per heavy atom. The highest BCUT2D eigenvalue weighted by Gasteiger charge is 2.72. The van der Waals surface area contributed by atoms with Gasteiger partial charge in [0.2, 0.25) is 0 Å². The highest BCUT2D eigenvalue weighted by Crippen LogP contribution is 2.69. The molecule has 8 rings (SSSR count). The zero-order valence-corrected chi connectivity index (χ0v) is 33.2. The molecule has 2 aromatic heterocycles. The van der Waals surface area contributed by atoms with Crippen molar-refractivity contribution in [3.63, 3.8) is 0 Å². The van der Waals surface area contributed by atoms with E-state index in [4.69, 9.17) is 18.3 Å². The second-order valence-corrected chi connectivity index (χ2v) is 20.0. The van der Waals surface area contributed by atoms with Crippen LogP contribution in [0.1, 0.15) is 155 Å². The van der Waals surface area contributed by atoms with Crippen LogP contribution in [0.2, 0.25) is 0 Å². The van der Waals surface area contributed by atoms with E-state index in [0.29, 0.717) is 12.8 Å². The van der Waals surface area contributed by atoms with Crippen LogP contribution in [0.25, 0.3) is 11.5 Å². The molecule has 6 aliphatic carbocycles. The molecule has 4 fully saturated rings. The van der Waals surface area contributed by atoms with Crippen LogP contribution in [0.15, 0.2) is 21.0 Å². The third-order valence-electron chi connectivity index (χ3n) is 17.0. The van der Waals surface area contributed by atoms with Gasteiger partial charge in [0.1, 0.15) is 34.9 Å². The van der Waals surface area contributed by atoms with E-state index in [0.717, 1.165) is 74.4 Å². The molecule has 0 saturated heterocycles. The predicted octanol–water partition coefficient (Wildman–Crippen LogP) is 8.89. The molecule has 12 atom stereocenters. The average molecular weight is 719 g/mol. The first-order valence-corrected chi connectivity index (χ1v) is 20.2. The van der Waals surface area contributed by atoms with E-state index in [2.05, 4.69) is 67.5 Å². The van der Waals surface area contributed by atoms with E-state index in [9.17, 15) is 19.8 Å². The van der Waals surface area contributed by atoms with Crippen LogP contribution >= 0.6 is 0 Å². The van der Waals surface area contributed by atoms with Gasteiger partial charge in [-0.1, -0.05) is 68.2 Å². The average Bonchev–Trinajstić information content (AvgIpc) is 3.67. The third kappa shape index (κ3) is 4.58. The highest BCUT2D eigenvalue weighted by molar-refractivity contribution is 5.67. The molecule has 2 N–H and O–H groups in total. The van der Waals surface area contributed by atoms with Gasteiger partial charge < -0.3 is 28.5 Å². The number of carbonyl (C=O) groups excluding carboxylic acids is 2. The van der Waals surface area contributed by atoms with E-state index in [-0.39, 0.29) is 47.4 Å². The maximum Gasteiger partial charge on any atom is 0.303 e. The van der Waals surface area contributed by atoms with Crippen LogP contribution in [0.4, 0.5) is 0 Å². The minimum Gasteiger partial charge on any atom is -0.459 e. The molecule has 286 valence electrons. The Labute approximate surface area is 309 Å². The topological polar surface area (TPSA) is 119 Å². The van der Waals surface area contributed by atoms with Crippen molar-refractivity contribution in [3.8, 4) is 11.5 Å². The fourth-order valence-corrected chi connectivity index (χ4v) is 14.4. The number of ether oxygens (including phenoxy) is 2. The quantitative estimate of drug-likeness (QED) is 0.302. The van der Waals surface area contributed by atoms with Gasteiger partial charge in [-0.15, -0.1) is 0 Å². The number of fused-ring (bicyclic) bond motifs is 8. The predicted molar refractivity (Wildman–Crippen MR) is 196 cm³/mol. The van der Waals surface area contributed by atoms with Crippen LogP contribution < -0.4 is 0 Å². The molecule has 2 aromatic rings. The largest absolute Gasteiger partial charge is 0.459 e. The van der Waals surface area contributed by atoms with Gasteiger partial charge >= 0.3 is 11.9 Å². The monoisotopic (exact) mass is 718 g/mol. The summed E-state index contributed by atoms with van der Waals surface area (Å²) in [5.41, 5.74) is -1.60. The van der Waals surface area contributed by atoms with Crippen molar-refractivity contribution in [2.75, 3.05) is 0 Å². The minimum atomic E-state index is -1.14. The van der Waals surface area contributed by atoms with Crippen molar-refractivity contribution in [1.29, 1.82) is 0 Å². The Morgan fingerprint density at radius 3 is 1.37 bits per heavy atom. The summed E-state index contributed by atoms with van der Waals surface area (Å²) in [4.78, 5) is 24.9. The number of hydrogen-bond donors (Lipinski definition) is 2. The van der Waals surface area contributed by atoms with E-state index in [1.54, 1.807) is 0 Å². The maximum absolute atomic E-state index is 12.8. The molecule has 52 heavy (non-hydrogen) atoms. The number of rotatable bonds is 3. The lowest BCUT2D eigenvalue weighted by molar-refractivity contribution is -0.290. The Morgan fingerprint density at radius 2 is 1.02 bits per heavy atom. The van der Waals surface area contributed by atoms with Crippen molar-refractivity contribution in [1.82, 2.24) is 0 Å². The third-order valence-corrected chi connectivity index (χ3v) is 17.0. The molecule has 0 bridgehead atoms. The van der Waals surface area contributed by atoms with E-state index in [1.807, 2.05) is 0 Å². The molecule has 0 aliphatic heterocycles. The number of carbonyl (C=O) groups is 2. The lowest BCUT2D eigenvalue weighted by Crippen LogP contribution is -2.72. The van der Waals surface area contributed by atoms with Crippen LogP contribution in [0, 0.1) is 45.3 Å². The first-order valence-electron chi connectivity index (χ1n) is 20.2. The smallest absolute Gasteiger partial charge is 0.303 e. The lowest BCUT2D eigenvalue weighted by atomic mass is 9.40. The van der Waals surface area contributed by atoms with Crippen molar-refractivity contribution in [3.05, 3.63) is 34.8 Å². The Balaban J connectivity index is 1.14. The van der Waals surface area contributed by atoms with Crippen LogP contribution in [0.3, 0.4) is 0 Å². The van der Waals surface area contributed by atoms with Crippen molar-refractivity contribution < 1.29 is 38.1 Å². The zero-order chi connectivity index (χ0) is 37.6. The summed E-state index contributed by atoms with van der Waals surface area (Å²) >= 11 is 0. The molecule has 2 heterocycles. The second kappa shape index (κ2) is 11.5. The molecule has 8 nitrogen and oxygen atoms in total. The molecule has 8 heteroatoms. The van der Waals surface area contributed by atoms with Gasteiger partial charge in [-0.05, 0) is 108 Å². The molecule has 0 aromatic carbocycles. The number of furan rings is 2. The molecule has 0 spiro atoms. The summed E-state index contributed by atoms with van der Waals surface area (Å²) in [5.74, 6) is 3.91. The number of aliphatic hydroxyl groups is 2. The number of esters is 2.